The first-order valence-electron chi connectivity index (χ1n) is 10.0. The van der Waals surface area contributed by atoms with E-state index in [1.807, 2.05) is 28.8 Å². The molecule has 0 amide bonds. The van der Waals surface area contributed by atoms with E-state index in [9.17, 15) is 19.8 Å². The molecular weight excluding hydrogens is 436 g/mol. The molecule has 0 bridgehead atoms. The molecule has 9 nitrogen and oxygen atoms in total. The quantitative estimate of drug-likeness (QED) is 0.441. The summed E-state index contributed by atoms with van der Waals surface area (Å²) in [5.74, 6) is -0.379. The van der Waals surface area contributed by atoms with Crippen LogP contribution in [0.2, 0.25) is 0 Å². The number of aryl methyl sites for hydroxylation is 2. The summed E-state index contributed by atoms with van der Waals surface area (Å²) < 4.78 is 8.85. The number of aliphatic carboxylic acids is 1. The molecule has 2 aromatic heterocycles. The van der Waals surface area contributed by atoms with Crippen LogP contribution < -0.4 is 10.9 Å². The first-order chi connectivity index (χ1) is 14.7. The van der Waals surface area contributed by atoms with Crippen LogP contribution in [-0.4, -0.2) is 56.2 Å². The third-order valence-electron chi connectivity index (χ3n) is 5.23. The Hall–Kier alpha value is -2.72. The molecule has 0 spiro atoms. The second-order valence-corrected chi connectivity index (χ2v) is 7.67. The zero-order valence-corrected chi connectivity index (χ0v) is 19.3. The number of methoxy groups -OCH3 is 1. The molecule has 3 aromatic rings. The van der Waals surface area contributed by atoms with Crippen molar-refractivity contribution in [2.45, 2.75) is 39.1 Å². The topological polar surface area (TPSA) is 119 Å². The number of aliphatic hydroxyl groups is 1. The Morgan fingerprint density at radius 3 is 2.62 bits per heavy atom. The first kappa shape index (κ1) is 25.5. The van der Waals surface area contributed by atoms with Gasteiger partial charge in [-0.3, -0.25) is 14.9 Å². The summed E-state index contributed by atoms with van der Waals surface area (Å²) in [4.78, 5) is 28.2. The number of carbonyl (C=O) groups is 1. The van der Waals surface area contributed by atoms with Gasteiger partial charge in [-0.25, -0.2) is 4.98 Å². The van der Waals surface area contributed by atoms with E-state index in [0.717, 1.165) is 28.0 Å². The number of hydrogen-bond donors (Lipinski definition) is 3. The van der Waals surface area contributed by atoms with Gasteiger partial charge < -0.3 is 24.1 Å². The minimum atomic E-state index is -1.10. The summed E-state index contributed by atoms with van der Waals surface area (Å²) in [6, 6.07) is 6.50. The molecule has 3 rings (SSSR count). The van der Waals surface area contributed by atoms with Crippen LogP contribution in [0.4, 0.5) is 0 Å². The van der Waals surface area contributed by atoms with Crippen molar-refractivity contribution in [1.29, 1.82) is 0 Å². The Kier molecular flexibility index (Phi) is 8.57. The highest BCUT2D eigenvalue weighted by Crippen LogP contribution is 2.26. The predicted octanol–water partition coefficient (Wildman–Crippen LogP) is 1.70. The minimum Gasteiger partial charge on any atom is -0.480 e. The second-order valence-electron chi connectivity index (χ2n) is 7.67. The molecule has 32 heavy (non-hydrogen) atoms. The highest BCUT2D eigenvalue weighted by atomic mass is 35.5. The molecule has 0 radical (unpaired) electrons. The van der Waals surface area contributed by atoms with Crippen molar-refractivity contribution in [3.63, 3.8) is 0 Å². The Bertz CT molecular complexity index is 1130. The van der Waals surface area contributed by atoms with E-state index in [2.05, 4.69) is 5.32 Å². The van der Waals surface area contributed by atoms with Crippen molar-refractivity contribution in [2.24, 2.45) is 7.05 Å². The van der Waals surface area contributed by atoms with Crippen LogP contribution in [0.5, 0.6) is 0 Å². The summed E-state index contributed by atoms with van der Waals surface area (Å²) in [5, 5.41) is 21.7. The van der Waals surface area contributed by atoms with E-state index < -0.39 is 18.1 Å². The fourth-order valence-corrected chi connectivity index (χ4v) is 3.61. The summed E-state index contributed by atoms with van der Waals surface area (Å²) in [6.45, 7) is 4.58. The number of pyridine rings is 1. The van der Waals surface area contributed by atoms with Gasteiger partial charge in [-0.15, -0.1) is 12.4 Å². The van der Waals surface area contributed by atoms with E-state index in [1.54, 1.807) is 31.8 Å². The van der Waals surface area contributed by atoms with Crippen LogP contribution >= 0.6 is 12.4 Å². The van der Waals surface area contributed by atoms with E-state index in [1.165, 1.54) is 6.92 Å². The number of benzene rings is 1. The standard InChI is InChI=1S/C22H28N4O5.ClH/c1-13-9-16(12-25(3)21(13)28)20-24-17-10-15(11-23-19(14(2)27)22(29)30)5-6-18(17)26(20)7-8-31-4;/h5-6,9-10,12,14,19,23,27H,7-8,11H2,1-4H3,(H,29,30);1H/t14-,19-;/m1./s1. The molecule has 0 fully saturated rings. The van der Waals surface area contributed by atoms with Crippen molar-refractivity contribution in [3.05, 3.63) is 51.9 Å². The van der Waals surface area contributed by atoms with Gasteiger partial charge in [0.1, 0.15) is 11.9 Å². The highest BCUT2D eigenvalue weighted by molar-refractivity contribution is 5.85. The van der Waals surface area contributed by atoms with Crippen LogP contribution in [0.15, 0.2) is 35.3 Å². The summed E-state index contributed by atoms with van der Waals surface area (Å²) >= 11 is 0. The third kappa shape index (κ3) is 5.36. The lowest BCUT2D eigenvalue weighted by Gasteiger charge is -2.17. The number of hydrogen-bond acceptors (Lipinski definition) is 6. The van der Waals surface area contributed by atoms with Gasteiger partial charge in [0, 0.05) is 44.6 Å². The lowest BCUT2D eigenvalue weighted by atomic mass is 10.1. The average Bonchev–Trinajstić information content (AvgIpc) is 3.07. The third-order valence-corrected chi connectivity index (χ3v) is 5.23. The van der Waals surface area contributed by atoms with Crippen LogP contribution in [0.25, 0.3) is 22.4 Å². The van der Waals surface area contributed by atoms with E-state index in [0.29, 0.717) is 18.7 Å². The number of carboxylic acid groups (broad SMARTS) is 1. The maximum atomic E-state index is 12.1. The summed E-state index contributed by atoms with van der Waals surface area (Å²) in [7, 11) is 3.35. The number of fused-ring (bicyclic) bond motifs is 1. The van der Waals surface area contributed by atoms with Crippen LogP contribution in [-0.2, 0) is 29.7 Å². The fourth-order valence-electron chi connectivity index (χ4n) is 3.61. The Morgan fingerprint density at radius 2 is 2.03 bits per heavy atom. The molecule has 2 atom stereocenters. The molecule has 1 aromatic carbocycles. The van der Waals surface area contributed by atoms with Gasteiger partial charge >= 0.3 is 5.97 Å². The van der Waals surface area contributed by atoms with Gasteiger partial charge in [0.05, 0.1) is 23.7 Å². The molecule has 0 unspecified atom stereocenters. The lowest BCUT2D eigenvalue weighted by molar-refractivity contribution is -0.142. The Balaban J connectivity index is 0.00000363. The minimum absolute atomic E-state index is 0. The fraction of sp³-hybridized carbons (Fsp3) is 0.409. The van der Waals surface area contributed by atoms with Crippen molar-refractivity contribution >= 4 is 29.4 Å². The molecule has 0 aliphatic rings. The van der Waals surface area contributed by atoms with Gasteiger partial charge in [-0.2, -0.15) is 0 Å². The van der Waals surface area contributed by atoms with Crippen LogP contribution in [0.3, 0.4) is 0 Å². The van der Waals surface area contributed by atoms with Crippen molar-refractivity contribution in [3.8, 4) is 11.4 Å². The van der Waals surface area contributed by atoms with E-state index in [4.69, 9.17) is 9.72 Å². The number of aliphatic hydroxyl groups excluding tert-OH is 1. The molecule has 174 valence electrons. The molecule has 0 aliphatic heterocycles. The second kappa shape index (κ2) is 10.7. The number of imidazole rings is 1. The Labute approximate surface area is 192 Å². The van der Waals surface area contributed by atoms with Crippen molar-refractivity contribution in [2.75, 3.05) is 13.7 Å². The van der Waals surface area contributed by atoms with Gasteiger partial charge in [-0.1, -0.05) is 6.07 Å². The molecule has 3 N–H and O–H groups in total. The molecule has 10 heteroatoms. The van der Waals surface area contributed by atoms with Gasteiger partial charge in [0.25, 0.3) is 5.56 Å². The van der Waals surface area contributed by atoms with Crippen molar-refractivity contribution < 1.29 is 19.7 Å². The molecule has 2 heterocycles. The molecule has 0 saturated carbocycles. The van der Waals surface area contributed by atoms with Crippen molar-refractivity contribution in [1.82, 2.24) is 19.4 Å². The van der Waals surface area contributed by atoms with E-state index in [-0.39, 0.29) is 24.5 Å². The van der Waals surface area contributed by atoms with Gasteiger partial charge in [0.15, 0.2) is 0 Å². The molecular formula is C22H29ClN4O5. The maximum Gasteiger partial charge on any atom is 0.323 e. The van der Waals surface area contributed by atoms with Crippen LogP contribution in [0.1, 0.15) is 18.1 Å². The first-order valence-corrected chi connectivity index (χ1v) is 10.0. The largest absolute Gasteiger partial charge is 0.480 e. The number of nitrogens with zero attached hydrogens (tertiary/aromatic N) is 3. The lowest BCUT2D eigenvalue weighted by Crippen LogP contribution is -2.44. The zero-order valence-electron chi connectivity index (χ0n) is 18.5. The summed E-state index contributed by atoms with van der Waals surface area (Å²) in [5.41, 5.74) is 3.91. The smallest absolute Gasteiger partial charge is 0.323 e. The number of carboxylic acids is 1. The Morgan fingerprint density at radius 1 is 1.31 bits per heavy atom. The number of rotatable bonds is 9. The number of nitrogens with one attached hydrogen (secondary N) is 1. The SMILES string of the molecule is COCCn1c(-c2cc(C)c(=O)n(C)c2)nc2cc(CN[C@@H](C(=O)O)[C@@H](C)O)ccc21.Cl. The molecule has 0 saturated heterocycles. The average molecular weight is 465 g/mol. The number of halogens is 1. The highest BCUT2D eigenvalue weighted by Gasteiger charge is 2.22. The number of aromatic nitrogens is 3. The zero-order chi connectivity index (χ0) is 22.7. The van der Waals surface area contributed by atoms with Gasteiger partial charge in [-0.05, 0) is 37.6 Å². The maximum absolute atomic E-state index is 12.1. The van der Waals surface area contributed by atoms with E-state index >= 15 is 0 Å². The normalized spacial score (nSPS) is 13.0. The predicted molar refractivity (Wildman–Crippen MR) is 124 cm³/mol. The van der Waals surface area contributed by atoms with Crippen LogP contribution in [0, 0.1) is 6.92 Å². The monoisotopic (exact) mass is 464 g/mol. The number of ether oxygens (including phenoxy) is 1. The van der Waals surface area contributed by atoms with Gasteiger partial charge in [0.2, 0.25) is 0 Å². The molecule has 0 aliphatic carbocycles. The summed E-state index contributed by atoms with van der Waals surface area (Å²) in [6.07, 6.45) is 0.747.